The fourth-order valence-corrected chi connectivity index (χ4v) is 5.97. The molecule has 7 aromatic rings. The highest BCUT2D eigenvalue weighted by Crippen LogP contribution is 2.45. The Morgan fingerprint density at radius 1 is 0.625 bits per heavy atom. The van der Waals surface area contributed by atoms with Crippen LogP contribution in [-0.2, 0) is 6.42 Å². The van der Waals surface area contributed by atoms with Gasteiger partial charge in [-0.05, 0) is 42.7 Å². The fraction of sp³-hybridized carbons (Fsp3) is 0.0526. The van der Waals surface area contributed by atoms with Gasteiger partial charge in [-0.2, -0.15) is 0 Å². The summed E-state index contributed by atoms with van der Waals surface area (Å²) < 4.78 is 13.2. The molecule has 0 bridgehead atoms. The maximum atomic E-state index is 6.83. The van der Waals surface area contributed by atoms with Crippen LogP contribution in [-0.4, -0.2) is 0 Å². The van der Waals surface area contributed by atoms with Crippen molar-refractivity contribution in [3.8, 4) is 44.9 Å². The van der Waals surface area contributed by atoms with Crippen LogP contribution in [0.25, 0.3) is 72.9 Å². The van der Waals surface area contributed by atoms with E-state index in [1.807, 2.05) is 30.3 Å². The van der Waals surface area contributed by atoms with Gasteiger partial charge in [0.2, 0.25) is 0 Å². The Labute approximate surface area is 232 Å². The van der Waals surface area contributed by atoms with Crippen LogP contribution in [0.2, 0.25) is 0 Å². The maximum absolute atomic E-state index is 6.83. The lowest BCUT2D eigenvalue weighted by atomic mass is 9.89. The van der Waals surface area contributed by atoms with Crippen molar-refractivity contribution >= 4 is 28.0 Å². The van der Waals surface area contributed by atoms with E-state index >= 15 is 0 Å². The molecule has 0 amide bonds. The lowest BCUT2D eigenvalue weighted by molar-refractivity contribution is 0.594. The van der Waals surface area contributed by atoms with Gasteiger partial charge >= 0.3 is 0 Å². The maximum Gasteiger partial charge on any atom is 0.143 e. The highest BCUT2D eigenvalue weighted by Gasteiger charge is 2.25. The Bertz CT molecular complexity index is 2040. The van der Waals surface area contributed by atoms with Crippen molar-refractivity contribution < 1.29 is 8.83 Å². The third kappa shape index (κ3) is 3.60. The summed E-state index contributed by atoms with van der Waals surface area (Å²) in [6.07, 6.45) is 6.39. The van der Waals surface area contributed by atoms with Gasteiger partial charge in [0.1, 0.15) is 22.7 Å². The number of benzene rings is 4. The van der Waals surface area contributed by atoms with Gasteiger partial charge in [-0.3, -0.25) is 0 Å². The highest BCUT2D eigenvalue weighted by atomic mass is 16.3. The summed E-state index contributed by atoms with van der Waals surface area (Å²) in [7, 11) is 0. The van der Waals surface area contributed by atoms with E-state index in [9.17, 15) is 0 Å². The molecule has 188 valence electrons. The van der Waals surface area contributed by atoms with Crippen molar-refractivity contribution in [1.82, 2.24) is 0 Å². The van der Waals surface area contributed by atoms with Gasteiger partial charge in [0.25, 0.3) is 0 Å². The average molecular weight is 513 g/mol. The number of allylic oxidation sites excluding steroid dienone is 1. The standard InChI is InChI=1S/C38H24O2/c1-3-12-25(13-4-1)28-23-22-27(29-19-11-20-31-30-16-9-10-21-35(30)39-37(29)31)24-34(28)38-33-18-8-7-17-32(33)36(40-38)26-14-5-2-6-15-26/h1-3,5-7,9-12,14-17,19-24H,8,18H2. The van der Waals surface area contributed by atoms with Gasteiger partial charge in [0.05, 0.1) is 0 Å². The van der Waals surface area contributed by atoms with Crippen LogP contribution in [0.5, 0.6) is 0 Å². The first-order valence-corrected chi connectivity index (χ1v) is 13.7. The first-order chi connectivity index (χ1) is 19.8. The number of hydrogen-bond donors (Lipinski definition) is 0. The first kappa shape index (κ1) is 22.7. The van der Waals surface area contributed by atoms with E-state index in [1.54, 1.807) is 0 Å². The molecule has 2 heterocycles. The average Bonchev–Trinajstić information content (AvgIpc) is 3.61. The van der Waals surface area contributed by atoms with Gasteiger partial charge in [0, 0.05) is 49.7 Å². The smallest absolute Gasteiger partial charge is 0.143 e. The monoisotopic (exact) mass is 512 g/mol. The molecule has 0 fully saturated rings. The zero-order chi connectivity index (χ0) is 26.5. The second-order valence-electron chi connectivity index (χ2n) is 10.2. The molecule has 5 aromatic carbocycles. The van der Waals surface area contributed by atoms with Crippen molar-refractivity contribution in [3.63, 3.8) is 0 Å². The summed E-state index contributed by atoms with van der Waals surface area (Å²) in [5.74, 6) is 1.84. The van der Waals surface area contributed by atoms with E-state index in [-0.39, 0.29) is 0 Å². The van der Waals surface area contributed by atoms with E-state index < -0.39 is 0 Å². The van der Waals surface area contributed by atoms with Crippen LogP contribution in [0.4, 0.5) is 0 Å². The third-order valence-electron chi connectivity index (χ3n) is 7.85. The molecule has 1 aliphatic rings. The number of hydrogen-bond acceptors (Lipinski definition) is 2. The largest absolute Gasteiger partial charge is 0.455 e. The van der Waals surface area contributed by atoms with Crippen LogP contribution in [0.1, 0.15) is 17.5 Å². The van der Waals surface area contributed by atoms with E-state index in [4.69, 9.17) is 8.83 Å². The van der Waals surface area contributed by atoms with Gasteiger partial charge in [-0.25, -0.2) is 0 Å². The molecule has 0 N–H and O–H groups in total. The van der Waals surface area contributed by atoms with Crippen LogP contribution >= 0.6 is 0 Å². The molecule has 2 heteroatoms. The number of rotatable bonds is 4. The Hall–Kier alpha value is -5.26. The highest BCUT2D eigenvalue weighted by molar-refractivity contribution is 6.09. The Kier molecular flexibility index (Phi) is 5.21. The van der Waals surface area contributed by atoms with E-state index in [1.165, 1.54) is 11.1 Å². The van der Waals surface area contributed by atoms with E-state index in [2.05, 4.69) is 103 Å². The van der Waals surface area contributed by atoms with Gasteiger partial charge in [0.15, 0.2) is 0 Å². The molecule has 0 radical (unpaired) electrons. The summed E-state index contributed by atoms with van der Waals surface area (Å²) in [6.45, 7) is 0. The summed E-state index contributed by atoms with van der Waals surface area (Å²) in [4.78, 5) is 0. The van der Waals surface area contributed by atoms with Crippen LogP contribution in [0.3, 0.4) is 0 Å². The SMILES string of the molecule is c1cccc(-c2ccc(-c3cccc4c3oc3ccccc34)cc2-c2oc(-c3ccccc3)c3c2CCC=C3)c#1. The van der Waals surface area contributed by atoms with Crippen molar-refractivity contribution in [3.05, 3.63) is 139 Å². The summed E-state index contributed by atoms with van der Waals surface area (Å²) in [5.41, 5.74) is 10.6. The Morgan fingerprint density at radius 3 is 2.40 bits per heavy atom. The summed E-state index contributed by atoms with van der Waals surface area (Å²) >= 11 is 0. The first-order valence-electron chi connectivity index (χ1n) is 13.7. The molecule has 2 aromatic heterocycles. The Balaban J connectivity index is 1.39. The quantitative estimate of drug-likeness (QED) is 0.234. The molecule has 1 aliphatic carbocycles. The van der Waals surface area contributed by atoms with Gasteiger partial charge in [-0.1, -0.05) is 109 Å². The van der Waals surface area contributed by atoms with E-state index in [0.29, 0.717) is 0 Å². The molecule has 2 nitrogen and oxygen atoms in total. The summed E-state index contributed by atoms with van der Waals surface area (Å²) in [5, 5.41) is 2.25. The predicted molar refractivity (Wildman–Crippen MR) is 163 cm³/mol. The minimum absolute atomic E-state index is 0.899. The molecule has 0 aliphatic heterocycles. The van der Waals surface area contributed by atoms with Crippen molar-refractivity contribution in [2.75, 3.05) is 0 Å². The zero-order valence-electron chi connectivity index (χ0n) is 21.8. The molecule has 0 saturated carbocycles. The third-order valence-corrected chi connectivity index (χ3v) is 7.85. The van der Waals surface area contributed by atoms with Crippen LogP contribution in [0, 0.1) is 12.1 Å². The number of para-hydroxylation sites is 2. The lowest BCUT2D eigenvalue weighted by Crippen LogP contribution is -1.94. The molecule has 0 spiro atoms. The predicted octanol–water partition coefficient (Wildman–Crippen LogP) is 10.4. The second kappa shape index (κ2) is 9.19. The van der Waals surface area contributed by atoms with Gasteiger partial charge in [-0.15, -0.1) is 0 Å². The second-order valence-corrected chi connectivity index (χ2v) is 10.2. The van der Waals surface area contributed by atoms with Gasteiger partial charge < -0.3 is 8.83 Å². The molecule has 8 rings (SSSR count). The molecular weight excluding hydrogens is 488 g/mol. The zero-order valence-corrected chi connectivity index (χ0v) is 21.8. The molecule has 40 heavy (non-hydrogen) atoms. The van der Waals surface area contributed by atoms with Crippen molar-refractivity contribution in [1.29, 1.82) is 0 Å². The Morgan fingerprint density at radius 2 is 1.50 bits per heavy atom. The topological polar surface area (TPSA) is 26.3 Å². The molecule has 0 saturated heterocycles. The minimum atomic E-state index is 0.899. The minimum Gasteiger partial charge on any atom is -0.455 e. The number of furan rings is 2. The molecule has 0 unspecified atom stereocenters. The number of fused-ring (bicyclic) bond motifs is 4. The lowest BCUT2D eigenvalue weighted by Gasteiger charge is -2.13. The van der Waals surface area contributed by atoms with Crippen LogP contribution in [0.15, 0.2) is 124 Å². The van der Waals surface area contributed by atoms with Crippen molar-refractivity contribution in [2.24, 2.45) is 0 Å². The molecule has 0 atom stereocenters. The fourth-order valence-electron chi connectivity index (χ4n) is 5.97. The molecular formula is C38H24O2. The van der Waals surface area contributed by atoms with E-state index in [0.717, 1.165) is 79.7 Å². The summed E-state index contributed by atoms with van der Waals surface area (Å²) in [6, 6.07) is 44.1. The van der Waals surface area contributed by atoms with Crippen LogP contribution < -0.4 is 0 Å². The van der Waals surface area contributed by atoms with Crippen molar-refractivity contribution in [2.45, 2.75) is 12.8 Å². The normalized spacial score (nSPS) is 12.5.